The third-order valence-corrected chi connectivity index (χ3v) is 6.73. The molecule has 3 unspecified atom stereocenters. The van der Waals surface area contributed by atoms with Gasteiger partial charge >= 0.3 is 0 Å². The van der Waals surface area contributed by atoms with Gasteiger partial charge in [0.25, 0.3) is 0 Å². The van der Waals surface area contributed by atoms with Crippen LogP contribution in [0.4, 0.5) is 0 Å². The molecule has 0 radical (unpaired) electrons. The lowest BCUT2D eigenvalue weighted by atomic mass is 9.78. The van der Waals surface area contributed by atoms with Crippen molar-refractivity contribution < 1.29 is 8.42 Å². The van der Waals surface area contributed by atoms with Crippen LogP contribution in [0.1, 0.15) is 46.0 Å². The van der Waals surface area contributed by atoms with E-state index in [9.17, 15) is 8.42 Å². The molecule has 0 bridgehead atoms. The van der Waals surface area contributed by atoms with Crippen LogP contribution in [0.25, 0.3) is 0 Å². The average molecular weight is 274 g/mol. The van der Waals surface area contributed by atoms with E-state index in [2.05, 4.69) is 23.9 Å². The van der Waals surface area contributed by atoms with Crippen molar-refractivity contribution in [3.05, 3.63) is 0 Å². The van der Waals surface area contributed by atoms with E-state index in [0.29, 0.717) is 11.8 Å². The van der Waals surface area contributed by atoms with E-state index in [4.69, 9.17) is 0 Å². The number of nitrogens with one attached hydrogen (secondary N) is 2. The van der Waals surface area contributed by atoms with Gasteiger partial charge in [-0.05, 0) is 44.2 Å². The topological polar surface area (TPSA) is 58.2 Å². The fraction of sp³-hybridized carbons (Fsp3) is 1.00. The fourth-order valence-corrected chi connectivity index (χ4v) is 4.96. The molecule has 0 aromatic carbocycles. The Morgan fingerprint density at radius 3 is 2.39 bits per heavy atom. The van der Waals surface area contributed by atoms with Gasteiger partial charge in [-0.1, -0.05) is 26.7 Å². The predicted molar refractivity (Wildman–Crippen MR) is 73.9 cm³/mol. The van der Waals surface area contributed by atoms with E-state index < -0.39 is 10.0 Å². The SMILES string of the molecule is CC1CCCC(NS(=O)(=O)C2CCNCC2)C1C. The molecule has 18 heavy (non-hydrogen) atoms. The molecule has 0 aromatic rings. The van der Waals surface area contributed by atoms with Gasteiger partial charge in [0.2, 0.25) is 10.0 Å². The lowest BCUT2D eigenvalue weighted by Crippen LogP contribution is -2.49. The third-order valence-electron chi connectivity index (χ3n) is 4.75. The largest absolute Gasteiger partial charge is 0.317 e. The molecule has 106 valence electrons. The van der Waals surface area contributed by atoms with Crippen molar-refractivity contribution in [2.45, 2.75) is 57.2 Å². The maximum Gasteiger partial charge on any atom is 0.214 e. The molecule has 2 N–H and O–H groups in total. The standard InChI is InChI=1S/C13H26N2O2S/c1-10-4-3-5-13(11(10)2)15-18(16,17)12-6-8-14-9-7-12/h10-15H,3-9H2,1-2H3. The van der Waals surface area contributed by atoms with Crippen molar-refractivity contribution >= 4 is 10.0 Å². The van der Waals surface area contributed by atoms with Gasteiger partial charge < -0.3 is 5.32 Å². The Labute approximate surface area is 111 Å². The molecule has 2 rings (SSSR count). The molecule has 0 amide bonds. The first-order valence-electron chi connectivity index (χ1n) is 7.22. The minimum absolute atomic E-state index is 0.147. The maximum atomic E-state index is 12.4. The van der Waals surface area contributed by atoms with E-state index in [1.54, 1.807) is 0 Å². The molecule has 0 aromatic heterocycles. The number of hydrogen-bond donors (Lipinski definition) is 2. The molecule has 3 atom stereocenters. The summed E-state index contributed by atoms with van der Waals surface area (Å²) >= 11 is 0. The van der Waals surface area contributed by atoms with Gasteiger partial charge in [-0.15, -0.1) is 0 Å². The van der Waals surface area contributed by atoms with Gasteiger partial charge in [0.1, 0.15) is 0 Å². The van der Waals surface area contributed by atoms with Crippen molar-refractivity contribution in [3.63, 3.8) is 0 Å². The zero-order chi connectivity index (χ0) is 13.2. The zero-order valence-electron chi connectivity index (χ0n) is 11.5. The lowest BCUT2D eigenvalue weighted by molar-refractivity contribution is 0.226. The van der Waals surface area contributed by atoms with Crippen molar-refractivity contribution in [1.29, 1.82) is 0 Å². The fourth-order valence-electron chi connectivity index (χ4n) is 3.16. The Balaban J connectivity index is 1.98. The molecule has 2 aliphatic rings. The molecule has 1 heterocycles. The summed E-state index contributed by atoms with van der Waals surface area (Å²) in [5, 5.41) is 3.02. The second kappa shape index (κ2) is 5.88. The minimum atomic E-state index is -3.13. The third kappa shape index (κ3) is 3.25. The normalized spacial score (nSPS) is 35.6. The highest BCUT2D eigenvalue weighted by Crippen LogP contribution is 2.30. The summed E-state index contributed by atoms with van der Waals surface area (Å²) in [4.78, 5) is 0. The second-order valence-electron chi connectivity index (χ2n) is 5.99. The highest BCUT2D eigenvalue weighted by Gasteiger charge is 2.34. The van der Waals surface area contributed by atoms with E-state index in [1.165, 1.54) is 6.42 Å². The smallest absolute Gasteiger partial charge is 0.214 e. The highest BCUT2D eigenvalue weighted by atomic mass is 32.2. The molecule has 5 heteroatoms. The summed E-state index contributed by atoms with van der Waals surface area (Å²) in [6, 6.07) is 0.147. The zero-order valence-corrected chi connectivity index (χ0v) is 12.3. The van der Waals surface area contributed by atoms with Crippen LogP contribution in [0.15, 0.2) is 0 Å². The monoisotopic (exact) mass is 274 g/mol. The summed E-state index contributed by atoms with van der Waals surface area (Å²) in [7, 11) is -3.13. The van der Waals surface area contributed by atoms with Gasteiger partial charge in [0.15, 0.2) is 0 Å². The van der Waals surface area contributed by atoms with Crippen LogP contribution < -0.4 is 10.0 Å². The summed E-state index contributed by atoms with van der Waals surface area (Å²) in [6.07, 6.45) is 4.85. The molecular formula is C13H26N2O2S. The van der Waals surface area contributed by atoms with Crippen LogP contribution in [0.2, 0.25) is 0 Å². The number of rotatable bonds is 3. The van der Waals surface area contributed by atoms with Crippen molar-refractivity contribution in [1.82, 2.24) is 10.0 Å². The molecule has 1 saturated heterocycles. The summed E-state index contributed by atoms with van der Waals surface area (Å²) in [6.45, 7) is 6.06. The first-order valence-corrected chi connectivity index (χ1v) is 8.77. The first-order chi connectivity index (χ1) is 8.50. The van der Waals surface area contributed by atoms with Gasteiger partial charge in [-0.3, -0.25) is 0 Å². The van der Waals surface area contributed by atoms with Crippen LogP contribution in [-0.2, 0) is 10.0 Å². The summed E-state index contributed by atoms with van der Waals surface area (Å²) in [5.74, 6) is 1.08. The van der Waals surface area contributed by atoms with Crippen LogP contribution >= 0.6 is 0 Å². The van der Waals surface area contributed by atoms with Crippen molar-refractivity contribution in [2.75, 3.05) is 13.1 Å². The Kier molecular flexibility index (Phi) is 4.67. The van der Waals surface area contributed by atoms with E-state index in [-0.39, 0.29) is 11.3 Å². The van der Waals surface area contributed by atoms with Crippen LogP contribution in [0.3, 0.4) is 0 Å². The van der Waals surface area contributed by atoms with Gasteiger partial charge in [0.05, 0.1) is 5.25 Å². The molecule has 4 nitrogen and oxygen atoms in total. The van der Waals surface area contributed by atoms with E-state index in [0.717, 1.165) is 38.8 Å². The molecule has 0 spiro atoms. The maximum absolute atomic E-state index is 12.4. The Morgan fingerprint density at radius 2 is 1.72 bits per heavy atom. The molecule has 1 aliphatic heterocycles. The average Bonchev–Trinajstić information content (AvgIpc) is 2.36. The number of hydrogen-bond acceptors (Lipinski definition) is 3. The summed E-state index contributed by atoms with van der Waals surface area (Å²) in [5.41, 5.74) is 0. The van der Waals surface area contributed by atoms with Gasteiger partial charge in [0, 0.05) is 6.04 Å². The lowest BCUT2D eigenvalue weighted by Gasteiger charge is -2.35. The van der Waals surface area contributed by atoms with Crippen molar-refractivity contribution in [3.8, 4) is 0 Å². The minimum Gasteiger partial charge on any atom is -0.317 e. The molecule has 1 aliphatic carbocycles. The van der Waals surface area contributed by atoms with E-state index >= 15 is 0 Å². The van der Waals surface area contributed by atoms with Crippen LogP contribution in [0.5, 0.6) is 0 Å². The Hall–Kier alpha value is -0.130. The molecule has 2 fully saturated rings. The Bertz CT molecular complexity index is 363. The van der Waals surface area contributed by atoms with Crippen LogP contribution in [-0.4, -0.2) is 32.8 Å². The van der Waals surface area contributed by atoms with Gasteiger partial charge in [-0.25, -0.2) is 13.1 Å². The van der Waals surface area contributed by atoms with Crippen LogP contribution in [0, 0.1) is 11.8 Å². The number of piperidine rings is 1. The summed E-state index contributed by atoms with van der Waals surface area (Å²) < 4.78 is 27.7. The molecular weight excluding hydrogens is 248 g/mol. The highest BCUT2D eigenvalue weighted by molar-refractivity contribution is 7.90. The quantitative estimate of drug-likeness (QED) is 0.819. The predicted octanol–water partition coefficient (Wildman–Crippen LogP) is 1.48. The van der Waals surface area contributed by atoms with Gasteiger partial charge in [-0.2, -0.15) is 0 Å². The van der Waals surface area contributed by atoms with E-state index in [1.807, 2.05) is 0 Å². The van der Waals surface area contributed by atoms with Crippen molar-refractivity contribution in [2.24, 2.45) is 11.8 Å². The molecule has 1 saturated carbocycles. The second-order valence-corrected chi connectivity index (χ2v) is 7.98. The first kappa shape index (κ1) is 14.3. The number of sulfonamides is 1. The Morgan fingerprint density at radius 1 is 1.06 bits per heavy atom.